The quantitative estimate of drug-likeness (QED) is 0.772. The van der Waals surface area contributed by atoms with Crippen molar-refractivity contribution in [2.75, 3.05) is 39.3 Å². The molecule has 2 aliphatic rings. The third kappa shape index (κ3) is 3.72. The predicted molar refractivity (Wildman–Crippen MR) is 66.7 cm³/mol. The second-order valence-corrected chi connectivity index (χ2v) is 6.06. The Morgan fingerprint density at radius 1 is 1.38 bits per heavy atom. The number of nitrogens with one attached hydrogen (secondary N) is 1. The molecule has 2 fully saturated rings. The van der Waals surface area contributed by atoms with Crippen molar-refractivity contribution in [3.63, 3.8) is 0 Å². The summed E-state index contributed by atoms with van der Waals surface area (Å²) in [4.78, 5) is 2.58. The zero-order valence-electron chi connectivity index (χ0n) is 10.8. The minimum Gasteiger partial charge on any atom is -0.377 e. The van der Waals surface area contributed by atoms with Crippen LogP contribution in [0.2, 0.25) is 0 Å². The van der Waals surface area contributed by atoms with Gasteiger partial charge in [0.1, 0.15) is 0 Å². The molecule has 16 heavy (non-hydrogen) atoms. The van der Waals surface area contributed by atoms with Crippen molar-refractivity contribution < 1.29 is 4.74 Å². The molecule has 0 bridgehead atoms. The van der Waals surface area contributed by atoms with Gasteiger partial charge < -0.3 is 10.1 Å². The van der Waals surface area contributed by atoms with Crippen molar-refractivity contribution in [2.45, 2.75) is 39.2 Å². The number of ether oxygens (including phenoxy) is 1. The molecule has 0 aliphatic carbocycles. The third-order valence-corrected chi connectivity index (χ3v) is 3.60. The van der Waals surface area contributed by atoms with E-state index in [4.69, 9.17) is 4.74 Å². The van der Waals surface area contributed by atoms with E-state index < -0.39 is 0 Å². The number of rotatable bonds is 2. The molecule has 2 heterocycles. The lowest BCUT2D eigenvalue weighted by Gasteiger charge is -2.33. The first-order valence-electron chi connectivity index (χ1n) is 6.70. The van der Waals surface area contributed by atoms with Crippen LogP contribution in [0, 0.1) is 5.41 Å². The van der Waals surface area contributed by atoms with Crippen molar-refractivity contribution in [2.24, 2.45) is 5.41 Å². The lowest BCUT2D eigenvalue weighted by atomic mass is 9.93. The molecule has 3 nitrogen and oxygen atoms in total. The molecule has 94 valence electrons. The number of hydrogen-bond donors (Lipinski definition) is 1. The van der Waals surface area contributed by atoms with Crippen molar-refractivity contribution >= 4 is 0 Å². The Labute approximate surface area is 99.5 Å². The molecule has 3 heteroatoms. The molecule has 2 saturated heterocycles. The standard InChI is InChI=1S/C13H26N2O/c1-13(2)10-14-6-7-15(11-13)9-12-5-3-4-8-16-12/h12,14H,3-11H2,1-2H3. The van der Waals surface area contributed by atoms with Gasteiger partial charge in [-0.05, 0) is 24.7 Å². The summed E-state index contributed by atoms with van der Waals surface area (Å²) < 4.78 is 5.83. The van der Waals surface area contributed by atoms with Gasteiger partial charge in [-0.3, -0.25) is 4.90 Å². The van der Waals surface area contributed by atoms with Crippen LogP contribution in [0.4, 0.5) is 0 Å². The van der Waals surface area contributed by atoms with E-state index >= 15 is 0 Å². The van der Waals surface area contributed by atoms with Gasteiger partial charge >= 0.3 is 0 Å². The Morgan fingerprint density at radius 2 is 2.25 bits per heavy atom. The van der Waals surface area contributed by atoms with Crippen LogP contribution in [-0.2, 0) is 4.74 Å². The maximum absolute atomic E-state index is 5.83. The minimum absolute atomic E-state index is 0.394. The largest absolute Gasteiger partial charge is 0.377 e. The van der Waals surface area contributed by atoms with Crippen LogP contribution >= 0.6 is 0 Å². The lowest BCUT2D eigenvalue weighted by Crippen LogP contribution is -2.41. The molecular formula is C13H26N2O. The van der Waals surface area contributed by atoms with E-state index in [0.717, 1.165) is 26.2 Å². The van der Waals surface area contributed by atoms with E-state index in [2.05, 4.69) is 24.1 Å². The Hall–Kier alpha value is -0.120. The van der Waals surface area contributed by atoms with Crippen LogP contribution in [0.3, 0.4) is 0 Å². The second kappa shape index (κ2) is 5.48. The molecule has 0 spiro atoms. The maximum atomic E-state index is 5.83. The van der Waals surface area contributed by atoms with Crippen molar-refractivity contribution in [1.29, 1.82) is 0 Å². The maximum Gasteiger partial charge on any atom is 0.0702 e. The number of nitrogens with zero attached hydrogens (tertiary/aromatic N) is 1. The fourth-order valence-corrected chi connectivity index (χ4v) is 2.80. The monoisotopic (exact) mass is 226 g/mol. The highest BCUT2D eigenvalue weighted by molar-refractivity contribution is 4.82. The zero-order valence-corrected chi connectivity index (χ0v) is 10.8. The van der Waals surface area contributed by atoms with Gasteiger partial charge in [0.05, 0.1) is 6.10 Å². The molecule has 2 aliphatic heterocycles. The molecule has 0 radical (unpaired) electrons. The van der Waals surface area contributed by atoms with E-state index in [-0.39, 0.29) is 0 Å². The average molecular weight is 226 g/mol. The highest BCUT2D eigenvalue weighted by Gasteiger charge is 2.26. The summed E-state index contributed by atoms with van der Waals surface area (Å²) in [5.74, 6) is 0. The van der Waals surface area contributed by atoms with Crippen LogP contribution in [0.25, 0.3) is 0 Å². The molecular weight excluding hydrogens is 200 g/mol. The molecule has 0 saturated carbocycles. The number of hydrogen-bond acceptors (Lipinski definition) is 3. The molecule has 0 amide bonds. The van der Waals surface area contributed by atoms with Crippen LogP contribution in [0.1, 0.15) is 33.1 Å². The van der Waals surface area contributed by atoms with Crippen LogP contribution in [0.5, 0.6) is 0 Å². The van der Waals surface area contributed by atoms with E-state index in [9.17, 15) is 0 Å². The van der Waals surface area contributed by atoms with E-state index in [0.29, 0.717) is 11.5 Å². The normalized spacial score (nSPS) is 32.2. The average Bonchev–Trinajstić information content (AvgIpc) is 2.40. The highest BCUT2D eigenvalue weighted by Crippen LogP contribution is 2.20. The Kier molecular flexibility index (Phi) is 4.22. The fourth-order valence-electron chi connectivity index (χ4n) is 2.80. The topological polar surface area (TPSA) is 24.5 Å². The summed E-state index contributed by atoms with van der Waals surface area (Å²) in [7, 11) is 0. The van der Waals surface area contributed by atoms with E-state index in [1.807, 2.05) is 0 Å². The highest BCUT2D eigenvalue weighted by atomic mass is 16.5. The minimum atomic E-state index is 0.394. The SMILES string of the molecule is CC1(C)CNCCN(CC2CCCCO2)C1. The first kappa shape index (κ1) is 12.3. The lowest BCUT2D eigenvalue weighted by molar-refractivity contribution is -0.00874. The molecule has 1 N–H and O–H groups in total. The summed E-state index contributed by atoms with van der Waals surface area (Å²) in [5, 5.41) is 3.52. The summed E-state index contributed by atoms with van der Waals surface area (Å²) in [6, 6.07) is 0. The predicted octanol–water partition coefficient (Wildman–Crippen LogP) is 1.49. The van der Waals surface area contributed by atoms with Gasteiger partial charge in [0.15, 0.2) is 0 Å². The first-order valence-corrected chi connectivity index (χ1v) is 6.70. The summed E-state index contributed by atoms with van der Waals surface area (Å²) in [6.07, 6.45) is 4.34. The van der Waals surface area contributed by atoms with Gasteiger partial charge in [-0.2, -0.15) is 0 Å². The molecule has 1 unspecified atom stereocenters. The molecule has 2 rings (SSSR count). The van der Waals surface area contributed by atoms with Gasteiger partial charge in [-0.15, -0.1) is 0 Å². The summed E-state index contributed by atoms with van der Waals surface area (Å²) in [5.41, 5.74) is 0.394. The summed E-state index contributed by atoms with van der Waals surface area (Å²) in [6.45, 7) is 11.4. The molecule has 1 atom stereocenters. The Balaban J connectivity index is 1.82. The van der Waals surface area contributed by atoms with Gasteiger partial charge in [0, 0.05) is 39.3 Å². The Morgan fingerprint density at radius 3 is 3.00 bits per heavy atom. The summed E-state index contributed by atoms with van der Waals surface area (Å²) >= 11 is 0. The van der Waals surface area contributed by atoms with Crippen molar-refractivity contribution in [3.05, 3.63) is 0 Å². The smallest absolute Gasteiger partial charge is 0.0702 e. The van der Waals surface area contributed by atoms with Crippen LogP contribution in [0.15, 0.2) is 0 Å². The van der Waals surface area contributed by atoms with Crippen molar-refractivity contribution in [1.82, 2.24) is 10.2 Å². The van der Waals surface area contributed by atoms with Gasteiger partial charge in [-0.1, -0.05) is 13.8 Å². The third-order valence-electron chi connectivity index (χ3n) is 3.60. The van der Waals surface area contributed by atoms with Crippen LogP contribution < -0.4 is 5.32 Å². The van der Waals surface area contributed by atoms with E-state index in [1.165, 1.54) is 32.4 Å². The first-order chi connectivity index (χ1) is 7.66. The van der Waals surface area contributed by atoms with Gasteiger partial charge in [0.2, 0.25) is 0 Å². The van der Waals surface area contributed by atoms with Crippen molar-refractivity contribution in [3.8, 4) is 0 Å². The zero-order chi connectivity index (χ0) is 11.4. The van der Waals surface area contributed by atoms with Crippen LogP contribution in [-0.4, -0.2) is 50.3 Å². The molecule has 0 aromatic carbocycles. The Bertz CT molecular complexity index is 212. The van der Waals surface area contributed by atoms with E-state index in [1.54, 1.807) is 0 Å². The molecule has 0 aromatic heterocycles. The fraction of sp³-hybridized carbons (Fsp3) is 1.00. The van der Waals surface area contributed by atoms with Gasteiger partial charge in [-0.25, -0.2) is 0 Å². The second-order valence-electron chi connectivity index (χ2n) is 6.06. The molecule has 0 aromatic rings. The van der Waals surface area contributed by atoms with Gasteiger partial charge in [0.25, 0.3) is 0 Å².